The Hall–Kier alpha value is -1.39. The number of hydrogen-bond acceptors (Lipinski definition) is 3. The van der Waals surface area contributed by atoms with Crippen molar-refractivity contribution >= 4 is 5.91 Å². The van der Waals surface area contributed by atoms with Gasteiger partial charge in [-0.1, -0.05) is 45.0 Å². The molecular weight excluding hydrogens is 312 g/mol. The Bertz CT molecular complexity index is 591. The van der Waals surface area contributed by atoms with E-state index in [4.69, 9.17) is 0 Å². The number of amides is 1. The predicted octanol–water partition coefficient (Wildman–Crippen LogP) is 2.96. The van der Waals surface area contributed by atoms with Gasteiger partial charge in [-0.05, 0) is 48.3 Å². The summed E-state index contributed by atoms with van der Waals surface area (Å²) in [5.41, 5.74) is 2.75. The molecule has 2 heterocycles. The van der Waals surface area contributed by atoms with Crippen molar-refractivity contribution in [2.75, 3.05) is 32.8 Å². The van der Waals surface area contributed by atoms with Crippen molar-refractivity contribution in [2.24, 2.45) is 5.92 Å². The second-order valence-corrected chi connectivity index (χ2v) is 8.69. The zero-order valence-corrected chi connectivity index (χ0v) is 15.9. The van der Waals surface area contributed by atoms with Gasteiger partial charge in [-0.2, -0.15) is 0 Å². The molecule has 3 rings (SSSR count). The summed E-state index contributed by atoms with van der Waals surface area (Å²) in [6, 6.07) is 9.05. The maximum atomic E-state index is 12.8. The molecule has 2 atom stereocenters. The summed E-state index contributed by atoms with van der Waals surface area (Å²) in [5, 5.41) is 9.28. The van der Waals surface area contributed by atoms with Crippen molar-refractivity contribution in [1.82, 2.24) is 9.80 Å². The molecule has 1 N–H and O–H groups in total. The van der Waals surface area contributed by atoms with Crippen LogP contribution >= 0.6 is 0 Å². The Balaban J connectivity index is 1.65. The maximum Gasteiger partial charge on any atom is 0.237 e. The second kappa shape index (κ2) is 7.46. The molecule has 25 heavy (non-hydrogen) atoms. The topological polar surface area (TPSA) is 43.8 Å². The average molecular weight is 344 g/mol. The Labute approximate surface area is 151 Å². The smallest absolute Gasteiger partial charge is 0.237 e. The fourth-order valence-corrected chi connectivity index (χ4v) is 4.10. The highest BCUT2D eigenvalue weighted by atomic mass is 16.3. The lowest BCUT2D eigenvalue weighted by Gasteiger charge is -2.28. The van der Waals surface area contributed by atoms with Gasteiger partial charge in [0.1, 0.15) is 0 Å². The lowest BCUT2D eigenvalue weighted by molar-refractivity contribution is -0.133. The molecule has 2 aliphatic rings. The van der Waals surface area contributed by atoms with E-state index in [1.54, 1.807) is 0 Å². The van der Waals surface area contributed by atoms with Crippen LogP contribution in [0.1, 0.15) is 57.2 Å². The van der Waals surface area contributed by atoms with Gasteiger partial charge in [-0.3, -0.25) is 9.69 Å². The molecule has 4 heteroatoms. The van der Waals surface area contributed by atoms with Gasteiger partial charge in [0, 0.05) is 19.7 Å². The summed E-state index contributed by atoms with van der Waals surface area (Å²) in [5.74, 6) is 0.577. The summed E-state index contributed by atoms with van der Waals surface area (Å²) in [6.45, 7) is 10.0. The minimum atomic E-state index is 0.155. The lowest BCUT2D eigenvalue weighted by Crippen LogP contribution is -2.39. The Morgan fingerprint density at radius 2 is 1.88 bits per heavy atom. The quantitative estimate of drug-likeness (QED) is 0.913. The summed E-state index contributed by atoms with van der Waals surface area (Å²) >= 11 is 0. The molecular formula is C21H32N2O2. The van der Waals surface area contributed by atoms with Crippen molar-refractivity contribution in [2.45, 2.75) is 51.5 Å². The Morgan fingerprint density at radius 3 is 2.48 bits per heavy atom. The third-order valence-corrected chi connectivity index (χ3v) is 5.72. The number of carbonyl (C=O) groups is 1. The van der Waals surface area contributed by atoms with Crippen LogP contribution in [0.5, 0.6) is 0 Å². The number of benzene rings is 1. The van der Waals surface area contributed by atoms with E-state index >= 15 is 0 Å². The molecule has 2 saturated heterocycles. The number of rotatable bonds is 4. The van der Waals surface area contributed by atoms with Crippen LogP contribution in [0.25, 0.3) is 0 Å². The highest BCUT2D eigenvalue weighted by Gasteiger charge is 2.32. The van der Waals surface area contributed by atoms with E-state index in [1.807, 2.05) is 0 Å². The van der Waals surface area contributed by atoms with Crippen molar-refractivity contribution in [3.05, 3.63) is 35.4 Å². The second-order valence-electron chi connectivity index (χ2n) is 8.69. The zero-order chi connectivity index (χ0) is 18.0. The van der Waals surface area contributed by atoms with Crippen LogP contribution < -0.4 is 0 Å². The van der Waals surface area contributed by atoms with Gasteiger partial charge in [-0.15, -0.1) is 0 Å². The molecule has 1 aromatic rings. The molecule has 0 aliphatic carbocycles. The molecule has 4 nitrogen and oxygen atoms in total. The molecule has 1 amide bonds. The highest BCUT2D eigenvalue weighted by Crippen LogP contribution is 2.33. The summed E-state index contributed by atoms with van der Waals surface area (Å²) in [4.78, 5) is 17.1. The first-order valence-electron chi connectivity index (χ1n) is 9.61. The number of hydrogen-bond donors (Lipinski definition) is 1. The van der Waals surface area contributed by atoms with E-state index in [2.05, 4.69) is 54.8 Å². The van der Waals surface area contributed by atoms with Crippen LogP contribution in [-0.4, -0.2) is 53.6 Å². The first-order valence-corrected chi connectivity index (χ1v) is 9.61. The molecule has 0 saturated carbocycles. The van der Waals surface area contributed by atoms with Crippen molar-refractivity contribution in [3.63, 3.8) is 0 Å². The molecule has 2 unspecified atom stereocenters. The molecule has 0 bridgehead atoms. The van der Waals surface area contributed by atoms with Gasteiger partial charge >= 0.3 is 0 Å². The SMILES string of the molecule is CC(C)(C)c1ccc(C2CCCN2C(=O)CN2CCC(CO)C2)cc1. The van der Waals surface area contributed by atoms with E-state index in [1.165, 1.54) is 11.1 Å². The first-order chi connectivity index (χ1) is 11.9. The lowest BCUT2D eigenvalue weighted by atomic mass is 9.86. The van der Waals surface area contributed by atoms with E-state index in [9.17, 15) is 9.90 Å². The van der Waals surface area contributed by atoms with Crippen LogP contribution in [-0.2, 0) is 10.2 Å². The van der Waals surface area contributed by atoms with Crippen LogP contribution in [0.15, 0.2) is 24.3 Å². The Morgan fingerprint density at radius 1 is 1.16 bits per heavy atom. The molecule has 1 aromatic carbocycles. The predicted molar refractivity (Wildman–Crippen MR) is 100 cm³/mol. The fraction of sp³-hybridized carbons (Fsp3) is 0.667. The number of aliphatic hydroxyl groups is 1. The van der Waals surface area contributed by atoms with Gasteiger partial charge in [0.15, 0.2) is 0 Å². The van der Waals surface area contributed by atoms with Gasteiger partial charge < -0.3 is 10.0 Å². The van der Waals surface area contributed by atoms with Gasteiger partial charge in [0.05, 0.1) is 12.6 Å². The van der Waals surface area contributed by atoms with Crippen molar-refractivity contribution < 1.29 is 9.90 Å². The van der Waals surface area contributed by atoms with E-state index in [-0.39, 0.29) is 24.0 Å². The van der Waals surface area contributed by atoms with Crippen LogP contribution in [0.3, 0.4) is 0 Å². The molecule has 2 aliphatic heterocycles. The third kappa shape index (κ3) is 4.24. The van der Waals surface area contributed by atoms with E-state index in [0.717, 1.165) is 38.9 Å². The molecule has 0 spiro atoms. The largest absolute Gasteiger partial charge is 0.396 e. The molecule has 0 aromatic heterocycles. The summed E-state index contributed by atoms with van der Waals surface area (Å²) < 4.78 is 0. The molecule has 0 radical (unpaired) electrons. The number of aliphatic hydroxyl groups excluding tert-OH is 1. The van der Waals surface area contributed by atoms with Crippen LogP contribution in [0, 0.1) is 5.92 Å². The molecule has 138 valence electrons. The summed E-state index contributed by atoms with van der Waals surface area (Å²) in [6.07, 6.45) is 3.14. The minimum absolute atomic E-state index is 0.155. The third-order valence-electron chi connectivity index (χ3n) is 5.72. The van der Waals surface area contributed by atoms with E-state index in [0.29, 0.717) is 12.5 Å². The van der Waals surface area contributed by atoms with Crippen molar-refractivity contribution in [1.29, 1.82) is 0 Å². The maximum absolute atomic E-state index is 12.8. The van der Waals surface area contributed by atoms with Gasteiger partial charge in [0.25, 0.3) is 0 Å². The Kier molecular flexibility index (Phi) is 5.49. The van der Waals surface area contributed by atoms with Crippen LogP contribution in [0.4, 0.5) is 0 Å². The summed E-state index contributed by atoms with van der Waals surface area (Å²) in [7, 11) is 0. The zero-order valence-electron chi connectivity index (χ0n) is 15.9. The van der Waals surface area contributed by atoms with Gasteiger partial charge in [-0.25, -0.2) is 0 Å². The molecule has 2 fully saturated rings. The van der Waals surface area contributed by atoms with Crippen LogP contribution in [0.2, 0.25) is 0 Å². The number of nitrogens with zero attached hydrogens (tertiary/aromatic N) is 2. The fourth-order valence-electron chi connectivity index (χ4n) is 4.10. The first kappa shape index (κ1) is 18.4. The van der Waals surface area contributed by atoms with Crippen molar-refractivity contribution in [3.8, 4) is 0 Å². The number of carbonyl (C=O) groups excluding carboxylic acids is 1. The number of likely N-dealkylation sites (tertiary alicyclic amines) is 2. The monoisotopic (exact) mass is 344 g/mol. The highest BCUT2D eigenvalue weighted by molar-refractivity contribution is 5.79. The van der Waals surface area contributed by atoms with Gasteiger partial charge in [0.2, 0.25) is 5.91 Å². The normalized spacial score (nSPS) is 24.9. The minimum Gasteiger partial charge on any atom is -0.396 e. The average Bonchev–Trinajstić information content (AvgIpc) is 3.23. The van der Waals surface area contributed by atoms with E-state index < -0.39 is 0 Å². The standard InChI is InChI=1S/C21H32N2O2/c1-21(2,3)18-8-6-17(7-9-18)19-5-4-11-23(19)20(25)14-22-12-10-16(13-22)15-24/h6-9,16,19,24H,4-5,10-15H2,1-3H3.